The molecule has 0 spiro atoms. The number of anilines is 1. The Kier molecular flexibility index (Phi) is 7.61. The molecule has 9 heteroatoms. The van der Waals surface area contributed by atoms with Crippen molar-refractivity contribution in [1.29, 1.82) is 0 Å². The average Bonchev–Trinajstić information content (AvgIpc) is 2.77. The Morgan fingerprint density at radius 3 is 2.27 bits per heavy atom. The molecule has 1 unspecified atom stereocenters. The molecule has 1 aliphatic heterocycles. The van der Waals surface area contributed by atoms with Crippen molar-refractivity contribution in [2.45, 2.75) is 39.4 Å². The fourth-order valence-electron chi connectivity index (χ4n) is 3.87. The van der Waals surface area contributed by atoms with Crippen LogP contribution < -0.4 is 10.2 Å². The molecule has 0 bridgehead atoms. The van der Waals surface area contributed by atoms with Crippen LogP contribution in [0.1, 0.15) is 41.8 Å². The Morgan fingerprint density at radius 2 is 1.73 bits per heavy atom. The Bertz CT molecular complexity index is 968. The number of hydrogen-bond acceptors (Lipinski definition) is 4. The zero-order valence-electron chi connectivity index (χ0n) is 19.0. The van der Waals surface area contributed by atoms with Gasteiger partial charge in [-0.2, -0.15) is 13.2 Å². The number of carbonyl (C=O) groups is 2. The molecule has 1 N–H and O–H groups in total. The SMILES string of the molecule is Cc1ccccc1C(=O)NC(CC(C)C)C(=O)N1CCN(c2ccc(C(F)(F)F)cn2)CC1. The molecule has 33 heavy (non-hydrogen) atoms. The fourth-order valence-corrected chi connectivity index (χ4v) is 3.87. The lowest BCUT2D eigenvalue weighted by atomic mass is 10.0. The smallest absolute Gasteiger partial charge is 0.353 e. The summed E-state index contributed by atoms with van der Waals surface area (Å²) in [4.78, 5) is 33.5. The summed E-state index contributed by atoms with van der Waals surface area (Å²) in [5, 5.41) is 2.90. The largest absolute Gasteiger partial charge is 0.417 e. The number of benzene rings is 1. The second kappa shape index (κ2) is 10.2. The van der Waals surface area contributed by atoms with E-state index in [0.29, 0.717) is 44.0 Å². The Hall–Kier alpha value is -3.10. The standard InChI is InChI=1S/C24H29F3N4O2/c1-16(2)14-20(29-22(32)19-7-5-4-6-17(19)3)23(33)31-12-10-30(11-13-31)21-9-8-18(15-28-21)24(25,26)27/h4-9,15-16,20H,10-14H2,1-3H3,(H,29,32). The number of aryl methyl sites for hydroxylation is 1. The van der Waals surface area contributed by atoms with Crippen molar-refractivity contribution < 1.29 is 22.8 Å². The van der Waals surface area contributed by atoms with Crippen LogP contribution in [0.25, 0.3) is 0 Å². The molecule has 1 fully saturated rings. The Morgan fingerprint density at radius 1 is 1.06 bits per heavy atom. The molecule has 1 aromatic carbocycles. The molecule has 178 valence electrons. The molecule has 3 rings (SSSR count). The van der Waals surface area contributed by atoms with Gasteiger partial charge in [0.25, 0.3) is 5.91 Å². The number of nitrogens with zero attached hydrogens (tertiary/aromatic N) is 3. The van der Waals surface area contributed by atoms with Gasteiger partial charge < -0.3 is 15.1 Å². The number of amides is 2. The van der Waals surface area contributed by atoms with Gasteiger partial charge in [0.1, 0.15) is 11.9 Å². The highest BCUT2D eigenvalue weighted by atomic mass is 19.4. The van der Waals surface area contributed by atoms with E-state index in [1.807, 2.05) is 37.8 Å². The van der Waals surface area contributed by atoms with Gasteiger partial charge >= 0.3 is 6.18 Å². The third-order valence-corrected chi connectivity index (χ3v) is 5.69. The van der Waals surface area contributed by atoms with Crippen LogP contribution in [0, 0.1) is 12.8 Å². The van der Waals surface area contributed by atoms with Gasteiger partial charge in [-0.05, 0) is 43.0 Å². The zero-order chi connectivity index (χ0) is 24.2. The van der Waals surface area contributed by atoms with Gasteiger partial charge in [-0.15, -0.1) is 0 Å². The van der Waals surface area contributed by atoms with Crippen molar-refractivity contribution in [2.75, 3.05) is 31.1 Å². The van der Waals surface area contributed by atoms with Crippen LogP contribution in [-0.4, -0.2) is 53.9 Å². The minimum Gasteiger partial charge on any atom is -0.353 e. The summed E-state index contributed by atoms with van der Waals surface area (Å²) in [5.41, 5.74) is 0.585. The lowest BCUT2D eigenvalue weighted by Crippen LogP contribution is -2.55. The van der Waals surface area contributed by atoms with Crippen molar-refractivity contribution >= 4 is 17.6 Å². The van der Waals surface area contributed by atoms with Crippen LogP contribution in [0.3, 0.4) is 0 Å². The summed E-state index contributed by atoms with van der Waals surface area (Å²) in [5.74, 6) is 0.223. The van der Waals surface area contributed by atoms with Gasteiger partial charge in [0, 0.05) is 37.9 Å². The van der Waals surface area contributed by atoms with Crippen LogP contribution in [0.15, 0.2) is 42.6 Å². The van der Waals surface area contributed by atoms with Gasteiger partial charge in [0.15, 0.2) is 0 Å². The molecule has 2 aromatic rings. The van der Waals surface area contributed by atoms with E-state index in [1.165, 1.54) is 6.07 Å². The molecule has 1 aromatic heterocycles. The third-order valence-electron chi connectivity index (χ3n) is 5.69. The molecule has 0 radical (unpaired) electrons. The van der Waals surface area contributed by atoms with Crippen LogP contribution in [0.2, 0.25) is 0 Å². The molecular formula is C24H29F3N4O2. The number of pyridine rings is 1. The lowest BCUT2D eigenvalue weighted by molar-refractivity contribution is -0.138. The summed E-state index contributed by atoms with van der Waals surface area (Å²) >= 11 is 0. The summed E-state index contributed by atoms with van der Waals surface area (Å²) < 4.78 is 38.3. The van der Waals surface area contributed by atoms with Crippen LogP contribution >= 0.6 is 0 Å². The first kappa shape index (κ1) is 24.5. The zero-order valence-corrected chi connectivity index (χ0v) is 19.0. The minimum atomic E-state index is -4.43. The normalized spacial score (nSPS) is 15.5. The van der Waals surface area contributed by atoms with Gasteiger partial charge in [-0.25, -0.2) is 4.98 Å². The van der Waals surface area contributed by atoms with Crippen molar-refractivity contribution in [3.8, 4) is 0 Å². The molecule has 2 heterocycles. The maximum Gasteiger partial charge on any atom is 0.417 e. The highest BCUT2D eigenvalue weighted by Crippen LogP contribution is 2.29. The molecule has 0 saturated carbocycles. The summed E-state index contributed by atoms with van der Waals surface area (Å²) in [7, 11) is 0. The van der Waals surface area contributed by atoms with E-state index >= 15 is 0 Å². The first-order chi connectivity index (χ1) is 15.6. The molecular weight excluding hydrogens is 433 g/mol. The second-order valence-electron chi connectivity index (χ2n) is 8.69. The molecule has 1 aliphatic rings. The van der Waals surface area contributed by atoms with Crippen molar-refractivity contribution in [3.63, 3.8) is 0 Å². The minimum absolute atomic E-state index is 0.148. The van der Waals surface area contributed by atoms with Crippen LogP contribution in [0.4, 0.5) is 19.0 Å². The molecule has 6 nitrogen and oxygen atoms in total. The predicted octanol–water partition coefficient (Wildman–Crippen LogP) is 3.90. The lowest BCUT2D eigenvalue weighted by Gasteiger charge is -2.37. The maximum absolute atomic E-state index is 13.2. The van der Waals surface area contributed by atoms with Crippen molar-refractivity contribution in [3.05, 3.63) is 59.3 Å². The van der Waals surface area contributed by atoms with Crippen molar-refractivity contribution in [1.82, 2.24) is 15.2 Å². The Balaban J connectivity index is 1.63. The number of piperazine rings is 1. The van der Waals surface area contributed by atoms with Gasteiger partial charge in [0.05, 0.1) is 5.56 Å². The Labute approximate surface area is 191 Å². The van der Waals surface area contributed by atoms with Crippen molar-refractivity contribution in [2.24, 2.45) is 5.92 Å². The first-order valence-electron chi connectivity index (χ1n) is 11.0. The highest BCUT2D eigenvalue weighted by Gasteiger charge is 2.32. The summed E-state index contributed by atoms with van der Waals surface area (Å²) in [6.07, 6.45) is -3.09. The number of alkyl halides is 3. The quantitative estimate of drug-likeness (QED) is 0.707. The van der Waals surface area contributed by atoms with E-state index in [-0.39, 0.29) is 17.7 Å². The van der Waals surface area contributed by atoms with Crippen LogP contribution in [0.5, 0.6) is 0 Å². The molecule has 0 aliphatic carbocycles. The number of nitrogens with one attached hydrogen (secondary N) is 1. The fraction of sp³-hybridized carbons (Fsp3) is 0.458. The summed E-state index contributed by atoms with van der Waals surface area (Å²) in [6.45, 7) is 7.53. The number of hydrogen-bond donors (Lipinski definition) is 1. The highest BCUT2D eigenvalue weighted by molar-refractivity contribution is 5.98. The molecule has 1 saturated heterocycles. The maximum atomic E-state index is 13.2. The van der Waals surface area contributed by atoms with Gasteiger partial charge in [0.2, 0.25) is 5.91 Å². The van der Waals surface area contributed by atoms with E-state index in [2.05, 4.69) is 10.3 Å². The number of aromatic nitrogens is 1. The molecule has 2 amide bonds. The predicted molar refractivity (Wildman–Crippen MR) is 120 cm³/mol. The number of rotatable bonds is 6. The monoisotopic (exact) mass is 462 g/mol. The number of carbonyl (C=O) groups excluding carboxylic acids is 2. The third kappa shape index (κ3) is 6.24. The van der Waals surface area contributed by atoms with Gasteiger partial charge in [-0.3, -0.25) is 9.59 Å². The second-order valence-corrected chi connectivity index (χ2v) is 8.69. The van der Waals surface area contributed by atoms with Gasteiger partial charge in [-0.1, -0.05) is 32.0 Å². The summed E-state index contributed by atoms with van der Waals surface area (Å²) in [6, 6.07) is 8.95. The van der Waals surface area contributed by atoms with E-state index in [0.717, 1.165) is 17.8 Å². The number of halogens is 3. The van der Waals surface area contributed by atoms with E-state index in [4.69, 9.17) is 0 Å². The first-order valence-corrected chi connectivity index (χ1v) is 11.0. The molecule has 1 atom stereocenters. The average molecular weight is 463 g/mol. The van der Waals surface area contributed by atoms with E-state index < -0.39 is 17.8 Å². The van der Waals surface area contributed by atoms with E-state index in [1.54, 1.807) is 17.0 Å². The van der Waals surface area contributed by atoms with E-state index in [9.17, 15) is 22.8 Å². The van der Waals surface area contributed by atoms with Crippen LogP contribution in [-0.2, 0) is 11.0 Å². The topological polar surface area (TPSA) is 65.5 Å².